The second-order valence-electron chi connectivity index (χ2n) is 2.59. The molecule has 0 saturated heterocycles. The van der Waals surface area contributed by atoms with Crippen molar-refractivity contribution in [3.63, 3.8) is 0 Å². The fourth-order valence-electron chi connectivity index (χ4n) is 0.967. The molecule has 78 valence electrons. The summed E-state index contributed by atoms with van der Waals surface area (Å²) in [5.41, 5.74) is 6.36. The van der Waals surface area contributed by atoms with Gasteiger partial charge in [-0.15, -0.1) is 19.0 Å². The summed E-state index contributed by atoms with van der Waals surface area (Å²) in [6.07, 6.45) is 1.58. The summed E-state index contributed by atoms with van der Waals surface area (Å²) >= 11 is 6.54. The molecule has 1 rings (SSSR count). The fourth-order valence-corrected chi connectivity index (χ4v) is 2.23. The number of aromatic hydroxyl groups is 1. The molecule has 1 atom stereocenters. The van der Waals surface area contributed by atoms with Crippen LogP contribution >= 0.6 is 44.3 Å². The highest BCUT2D eigenvalue weighted by Crippen LogP contribution is 2.34. The molecule has 0 bridgehead atoms. The Hall–Kier alpha value is -0.0300. The molecule has 0 aliphatic rings. The minimum absolute atomic E-state index is 0. The zero-order chi connectivity index (χ0) is 10.0. The van der Waals surface area contributed by atoms with E-state index in [1.54, 1.807) is 18.2 Å². The second kappa shape index (κ2) is 5.75. The molecule has 0 heterocycles. The fraction of sp³-hybridized carbons (Fsp3) is 0.111. The Morgan fingerprint density at radius 3 is 2.50 bits per heavy atom. The van der Waals surface area contributed by atoms with Crippen molar-refractivity contribution in [1.82, 2.24) is 0 Å². The molecule has 3 N–H and O–H groups in total. The number of rotatable bonds is 2. The highest BCUT2D eigenvalue weighted by Gasteiger charge is 2.11. The number of phenolic OH excluding ortho intramolecular Hbond substituents is 1. The summed E-state index contributed by atoms with van der Waals surface area (Å²) in [6.45, 7) is 3.57. The SMILES string of the molecule is C=C[C@@H](N)c1cc(Br)cc(Br)c1O.Cl. The van der Waals surface area contributed by atoms with Crippen LogP contribution in [-0.4, -0.2) is 5.11 Å². The number of halogens is 3. The van der Waals surface area contributed by atoms with E-state index in [1.807, 2.05) is 0 Å². The quantitative estimate of drug-likeness (QED) is 0.807. The zero-order valence-corrected chi connectivity index (χ0v) is 11.2. The van der Waals surface area contributed by atoms with Gasteiger partial charge in [-0.1, -0.05) is 22.0 Å². The van der Waals surface area contributed by atoms with E-state index in [4.69, 9.17) is 5.73 Å². The molecule has 5 heteroatoms. The van der Waals surface area contributed by atoms with Gasteiger partial charge in [-0.25, -0.2) is 0 Å². The molecule has 0 fully saturated rings. The van der Waals surface area contributed by atoms with Crippen LogP contribution in [0.4, 0.5) is 0 Å². The third-order valence-corrected chi connectivity index (χ3v) is 2.73. The van der Waals surface area contributed by atoms with E-state index in [1.165, 1.54) is 0 Å². The van der Waals surface area contributed by atoms with Crippen LogP contribution < -0.4 is 5.73 Å². The predicted octanol–water partition coefficient (Wildman–Crippen LogP) is 3.52. The molecule has 0 aliphatic heterocycles. The van der Waals surface area contributed by atoms with Gasteiger partial charge in [0, 0.05) is 10.0 Å². The van der Waals surface area contributed by atoms with Gasteiger partial charge in [-0.05, 0) is 28.1 Å². The Kier molecular flexibility index (Phi) is 5.74. The summed E-state index contributed by atoms with van der Waals surface area (Å²) in [7, 11) is 0. The zero-order valence-electron chi connectivity index (χ0n) is 7.21. The lowest BCUT2D eigenvalue weighted by Crippen LogP contribution is -2.06. The summed E-state index contributed by atoms with van der Waals surface area (Å²) in [6, 6.07) is 3.18. The Morgan fingerprint density at radius 2 is 2.00 bits per heavy atom. The lowest BCUT2D eigenvalue weighted by Gasteiger charge is -2.10. The van der Waals surface area contributed by atoms with Crippen molar-refractivity contribution >= 4 is 44.3 Å². The maximum atomic E-state index is 9.63. The van der Waals surface area contributed by atoms with E-state index >= 15 is 0 Å². The number of nitrogens with two attached hydrogens (primary N) is 1. The molecule has 2 nitrogen and oxygen atoms in total. The van der Waals surface area contributed by atoms with E-state index in [0.717, 1.165) is 4.47 Å². The van der Waals surface area contributed by atoms with E-state index in [0.29, 0.717) is 10.0 Å². The van der Waals surface area contributed by atoms with Gasteiger partial charge in [0.2, 0.25) is 0 Å². The van der Waals surface area contributed by atoms with Crippen molar-refractivity contribution in [2.24, 2.45) is 5.73 Å². The van der Waals surface area contributed by atoms with Gasteiger partial charge in [0.05, 0.1) is 10.5 Å². The molecule has 1 aromatic carbocycles. The van der Waals surface area contributed by atoms with Crippen LogP contribution in [0.15, 0.2) is 33.7 Å². The first-order chi connectivity index (χ1) is 6.06. The van der Waals surface area contributed by atoms with Crippen LogP contribution in [0.3, 0.4) is 0 Å². The van der Waals surface area contributed by atoms with Crippen LogP contribution in [0.5, 0.6) is 5.75 Å². The van der Waals surface area contributed by atoms with Gasteiger partial charge in [-0.2, -0.15) is 0 Å². The number of benzene rings is 1. The Bertz CT molecular complexity index is 344. The van der Waals surface area contributed by atoms with Crippen molar-refractivity contribution in [2.75, 3.05) is 0 Å². The molecule has 0 amide bonds. The molecule has 14 heavy (non-hydrogen) atoms. The molecule has 1 aromatic rings. The standard InChI is InChI=1S/C9H9Br2NO.ClH/c1-2-8(12)6-3-5(10)4-7(11)9(6)13;/h2-4,8,13H,1,12H2;1H/t8-;/m1./s1. The summed E-state index contributed by atoms with van der Waals surface area (Å²) in [5, 5.41) is 9.63. The molecular formula is C9H10Br2ClNO. The molecule has 0 aliphatic carbocycles. The Labute approximate surface area is 106 Å². The monoisotopic (exact) mass is 341 g/mol. The molecular weight excluding hydrogens is 333 g/mol. The van der Waals surface area contributed by atoms with Gasteiger partial charge >= 0.3 is 0 Å². The van der Waals surface area contributed by atoms with E-state index in [9.17, 15) is 5.11 Å². The highest BCUT2D eigenvalue weighted by molar-refractivity contribution is 9.11. The van der Waals surface area contributed by atoms with Crippen molar-refractivity contribution in [3.05, 3.63) is 39.3 Å². The van der Waals surface area contributed by atoms with Crippen molar-refractivity contribution in [2.45, 2.75) is 6.04 Å². The minimum atomic E-state index is -0.353. The smallest absolute Gasteiger partial charge is 0.134 e. The summed E-state index contributed by atoms with van der Waals surface area (Å²) < 4.78 is 1.48. The Balaban J connectivity index is 0.00000169. The van der Waals surface area contributed by atoms with Gasteiger partial charge in [-0.3, -0.25) is 0 Å². The van der Waals surface area contributed by atoms with Crippen LogP contribution in [0.1, 0.15) is 11.6 Å². The number of hydrogen-bond acceptors (Lipinski definition) is 2. The third kappa shape index (κ3) is 2.98. The van der Waals surface area contributed by atoms with E-state index in [-0.39, 0.29) is 24.2 Å². The van der Waals surface area contributed by atoms with E-state index in [2.05, 4.69) is 38.4 Å². The van der Waals surface area contributed by atoms with Gasteiger partial charge in [0.1, 0.15) is 5.75 Å². The van der Waals surface area contributed by atoms with Gasteiger partial charge in [0.15, 0.2) is 0 Å². The van der Waals surface area contributed by atoms with Gasteiger partial charge < -0.3 is 10.8 Å². The first kappa shape index (κ1) is 14.0. The topological polar surface area (TPSA) is 46.2 Å². The summed E-state index contributed by atoms with van der Waals surface area (Å²) in [4.78, 5) is 0. The first-order valence-electron chi connectivity index (χ1n) is 3.62. The molecule has 0 radical (unpaired) electrons. The van der Waals surface area contributed by atoms with Crippen LogP contribution in [-0.2, 0) is 0 Å². The lowest BCUT2D eigenvalue weighted by molar-refractivity contribution is 0.462. The van der Waals surface area contributed by atoms with Crippen LogP contribution in [0.25, 0.3) is 0 Å². The Morgan fingerprint density at radius 1 is 1.43 bits per heavy atom. The normalized spacial score (nSPS) is 11.6. The molecule has 0 unspecified atom stereocenters. The first-order valence-corrected chi connectivity index (χ1v) is 5.21. The molecule has 0 spiro atoms. The molecule has 0 saturated carbocycles. The average Bonchev–Trinajstić information content (AvgIpc) is 2.10. The largest absolute Gasteiger partial charge is 0.506 e. The number of phenols is 1. The lowest BCUT2D eigenvalue weighted by atomic mass is 10.1. The number of hydrogen-bond donors (Lipinski definition) is 2. The second-order valence-corrected chi connectivity index (χ2v) is 4.36. The summed E-state index contributed by atoms with van der Waals surface area (Å²) in [5.74, 6) is 0.163. The van der Waals surface area contributed by atoms with Gasteiger partial charge in [0.25, 0.3) is 0 Å². The van der Waals surface area contributed by atoms with Crippen molar-refractivity contribution < 1.29 is 5.11 Å². The maximum Gasteiger partial charge on any atom is 0.134 e. The van der Waals surface area contributed by atoms with Crippen molar-refractivity contribution in [3.8, 4) is 5.75 Å². The predicted molar refractivity (Wildman–Crippen MR) is 67.9 cm³/mol. The van der Waals surface area contributed by atoms with Crippen LogP contribution in [0.2, 0.25) is 0 Å². The maximum absolute atomic E-state index is 9.63. The highest BCUT2D eigenvalue weighted by atomic mass is 79.9. The van der Waals surface area contributed by atoms with Crippen molar-refractivity contribution in [1.29, 1.82) is 0 Å². The minimum Gasteiger partial charge on any atom is -0.506 e. The molecule has 0 aromatic heterocycles. The van der Waals surface area contributed by atoms with E-state index < -0.39 is 0 Å². The van der Waals surface area contributed by atoms with Crippen LogP contribution in [0, 0.1) is 0 Å². The average molecular weight is 343 g/mol. The third-order valence-electron chi connectivity index (χ3n) is 1.67.